The topological polar surface area (TPSA) is 121 Å². The number of ketones is 2. The van der Waals surface area contributed by atoms with Crippen LogP contribution in [0.3, 0.4) is 0 Å². The Morgan fingerprint density at radius 1 is 1.23 bits per heavy atom. The quantitative estimate of drug-likeness (QED) is 0.403. The lowest BCUT2D eigenvalue weighted by atomic mass is 9.45. The highest BCUT2D eigenvalue weighted by Crippen LogP contribution is 2.72. The van der Waals surface area contributed by atoms with Gasteiger partial charge in [-0.25, -0.2) is 0 Å². The van der Waals surface area contributed by atoms with Gasteiger partial charge >= 0.3 is 5.97 Å². The zero-order valence-electron chi connectivity index (χ0n) is 18.0. The number of Topliss-reactive ketones (excluding diaryl/α,β-unsaturated/α-hetero) is 1. The summed E-state index contributed by atoms with van der Waals surface area (Å²) in [4.78, 5) is 36.7. The molecule has 0 aromatic carbocycles. The highest BCUT2D eigenvalue weighted by molar-refractivity contribution is 9.10. The zero-order valence-corrected chi connectivity index (χ0v) is 19.6. The first kappa shape index (κ1) is 22.8. The minimum Gasteiger partial charge on any atom is -0.430 e. The number of ether oxygens (including phenoxy) is 1. The summed E-state index contributed by atoms with van der Waals surface area (Å²) in [6.45, 7) is 4.24. The average molecular weight is 497 g/mol. The first-order valence-corrected chi connectivity index (χ1v) is 11.5. The van der Waals surface area contributed by atoms with Gasteiger partial charge in [0.1, 0.15) is 18.0 Å². The maximum absolute atomic E-state index is 12.5. The van der Waals surface area contributed by atoms with E-state index in [9.17, 15) is 29.7 Å². The highest BCUT2D eigenvalue weighted by Gasteiger charge is 2.74. The second-order valence-corrected chi connectivity index (χ2v) is 11.2. The molecule has 0 amide bonds. The number of rotatable bonds is 3. The molecule has 8 heteroatoms. The molecule has 0 aromatic rings. The molecule has 3 N–H and O–H groups in total. The van der Waals surface area contributed by atoms with E-state index in [2.05, 4.69) is 15.9 Å². The molecular formula is C23H29BrO7. The Bertz CT molecular complexity index is 925. The van der Waals surface area contributed by atoms with Crippen LogP contribution >= 0.6 is 15.9 Å². The first-order valence-electron chi connectivity index (χ1n) is 10.8. The van der Waals surface area contributed by atoms with Gasteiger partial charge in [-0.2, -0.15) is 0 Å². The molecule has 0 radical (unpaired) electrons. The number of carbonyl (C=O) groups is 3. The van der Waals surface area contributed by atoms with Crippen LogP contribution in [0.5, 0.6) is 0 Å². The molecule has 7 atom stereocenters. The van der Waals surface area contributed by atoms with Crippen molar-refractivity contribution < 1.29 is 34.4 Å². The molecule has 4 rings (SSSR count). The number of aliphatic hydroxyl groups excluding tert-OH is 2. The van der Waals surface area contributed by atoms with Crippen LogP contribution in [0.25, 0.3) is 0 Å². The Hall–Kier alpha value is -1.35. The Kier molecular flexibility index (Phi) is 5.21. The number of allylic oxidation sites excluding steroid dienone is 3. The molecule has 0 unspecified atom stereocenters. The molecule has 0 spiro atoms. The normalized spacial score (nSPS) is 46.3. The summed E-state index contributed by atoms with van der Waals surface area (Å²) in [7, 11) is 0. The molecule has 31 heavy (non-hydrogen) atoms. The van der Waals surface area contributed by atoms with Crippen LogP contribution in [0.2, 0.25) is 0 Å². The Balaban J connectivity index is 1.84. The summed E-state index contributed by atoms with van der Waals surface area (Å²) < 4.78 is 4.56. The van der Waals surface area contributed by atoms with Gasteiger partial charge in [0.2, 0.25) is 0 Å². The van der Waals surface area contributed by atoms with E-state index in [4.69, 9.17) is 4.74 Å². The van der Waals surface area contributed by atoms with Gasteiger partial charge in [0.15, 0.2) is 11.6 Å². The van der Waals surface area contributed by atoms with E-state index < -0.39 is 45.2 Å². The molecule has 170 valence electrons. The summed E-state index contributed by atoms with van der Waals surface area (Å²) >= 11 is 3.89. The van der Waals surface area contributed by atoms with Gasteiger partial charge in [-0.3, -0.25) is 14.4 Å². The van der Waals surface area contributed by atoms with Crippen molar-refractivity contribution >= 4 is 33.5 Å². The van der Waals surface area contributed by atoms with Gasteiger partial charge in [0.05, 0.1) is 15.8 Å². The van der Waals surface area contributed by atoms with Crippen LogP contribution in [0.4, 0.5) is 0 Å². The Morgan fingerprint density at radius 2 is 1.90 bits per heavy atom. The number of aliphatic hydroxyl groups is 3. The van der Waals surface area contributed by atoms with E-state index in [-0.39, 0.29) is 36.2 Å². The smallest absolute Gasteiger partial charge is 0.307 e. The summed E-state index contributed by atoms with van der Waals surface area (Å²) in [5.41, 5.74) is -2.75. The second kappa shape index (κ2) is 7.07. The predicted octanol–water partition coefficient (Wildman–Crippen LogP) is 1.97. The second-order valence-electron chi connectivity index (χ2n) is 9.94. The minimum absolute atomic E-state index is 0.106. The van der Waals surface area contributed by atoms with Crippen molar-refractivity contribution in [1.29, 1.82) is 0 Å². The molecule has 0 heterocycles. The predicted molar refractivity (Wildman–Crippen MR) is 114 cm³/mol. The van der Waals surface area contributed by atoms with Crippen molar-refractivity contribution in [3.63, 3.8) is 0 Å². The van der Waals surface area contributed by atoms with Crippen LogP contribution in [0.1, 0.15) is 52.9 Å². The Labute approximate surface area is 189 Å². The fourth-order valence-corrected chi connectivity index (χ4v) is 8.34. The summed E-state index contributed by atoms with van der Waals surface area (Å²) in [5, 5.41) is 32.4. The maximum atomic E-state index is 12.5. The lowest BCUT2D eigenvalue weighted by molar-refractivity contribution is -0.175. The monoisotopic (exact) mass is 496 g/mol. The zero-order chi connectivity index (χ0) is 23.0. The fourth-order valence-electron chi connectivity index (χ4n) is 7.18. The minimum atomic E-state index is -1.70. The van der Waals surface area contributed by atoms with Crippen molar-refractivity contribution in [2.45, 2.75) is 68.9 Å². The summed E-state index contributed by atoms with van der Waals surface area (Å²) in [6, 6.07) is 0. The Morgan fingerprint density at radius 3 is 2.52 bits per heavy atom. The van der Waals surface area contributed by atoms with Crippen molar-refractivity contribution in [2.75, 3.05) is 6.61 Å². The number of halogens is 1. The van der Waals surface area contributed by atoms with E-state index in [1.165, 1.54) is 13.0 Å². The van der Waals surface area contributed by atoms with E-state index in [1.54, 1.807) is 6.08 Å². The van der Waals surface area contributed by atoms with E-state index >= 15 is 0 Å². The number of hydrogen-bond donors (Lipinski definition) is 3. The standard InChI is InChI=1S/C23H29BrO7/c1-12(26)31-19-9-14(27)8-13-4-5-16-15-6-7-22(30,18(29)11-25)20(15,2)10-17(28)23(16,24)21(13,19)3/h8-9,15-17,25,28,30H,4-7,10-11H2,1-3H3/t15-,16-,17-,20-,21+,22-,23-/m0/s1. The molecule has 0 aromatic heterocycles. The maximum Gasteiger partial charge on any atom is 0.307 e. The molecule has 0 aliphatic heterocycles. The summed E-state index contributed by atoms with van der Waals surface area (Å²) in [6.07, 6.45) is 4.03. The number of hydrogen-bond acceptors (Lipinski definition) is 7. The molecule has 3 saturated carbocycles. The summed E-state index contributed by atoms with van der Waals surface area (Å²) in [5.74, 6) is -1.46. The number of fused-ring (bicyclic) bond motifs is 5. The van der Waals surface area contributed by atoms with Crippen molar-refractivity contribution in [2.24, 2.45) is 22.7 Å². The molecular weight excluding hydrogens is 468 g/mol. The van der Waals surface area contributed by atoms with Crippen LogP contribution in [-0.4, -0.2) is 55.5 Å². The van der Waals surface area contributed by atoms with Crippen LogP contribution in [0.15, 0.2) is 23.5 Å². The van der Waals surface area contributed by atoms with Crippen LogP contribution in [0, 0.1) is 22.7 Å². The van der Waals surface area contributed by atoms with Gasteiger partial charge in [-0.05, 0) is 56.9 Å². The largest absolute Gasteiger partial charge is 0.430 e. The SMILES string of the molecule is CC(=O)OC1=CC(=O)C=C2CC[C@H]3[C@@H]4CC[C@](O)(C(=O)CO)[C@@]4(C)C[C@H](O)[C@]3(Br)[C@]21C. The van der Waals surface area contributed by atoms with Gasteiger partial charge in [-0.15, -0.1) is 0 Å². The number of alkyl halides is 1. The van der Waals surface area contributed by atoms with Crippen LogP contribution < -0.4 is 0 Å². The van der Waals surface area contributed by atoms with Crippen molar-refractivity contribution in [3.05, 3.63) is 23.5 Å². The number of carbonyl (C=O) groups excluding carboxylic acids is 3. The highest BCUT2D eigenvalue weighted by atomic mass is 79.9. The first-order chi connectivity index (χ1) is 14.4. The van der Waals surface area contributed by atoms with Gasteiger partial charge in [-0.1, -0.05) is 28.4 Å². The lowest BCUT2D eigenvalue weighted by Gasteiger charge is -2.64. The lowest BCUT2D eigenvalue weighted by Crippen LogP contribution is -2.69. The third-order valence-corrected chi connectivity index (χ3v) is 10.7. The van der Waals surface area contributed by atoms with E-state index in [1.807, 2.05) is 13.8 Å². The van der Waals surface area contributed by atoms with Gasteiger partial charge in [0, 0.05) is 18.4 Å². The van der Waals surface area contributed by atoms with E-state index in [0.717, 1.165) is 5.57 Å². The number of esters is 1. The van der Waals surface area contributed by atoms with Gasteiger partial charge < -0.3 is 20.1 Å². The third kappa shape index (κ3) is 2.71. The molecule has 4 aliphatic rings. The average Bonchev–Trinajstić information content (AvgIpc) is 2.95. The van der Waals surface area contributed by atoms with Crippen LogP contribution in [-0.2, 0) is 19.1 Å². The molecule has 3 fully saturated rings. The van der Waals surface area contributed by atoms with Crippen molar-refractivity contribution in [1.82, 2.24) is 0 Å². The third-order valence-electron chi connectivity index (χ3n) is 8.78. The molecule has 7 nitrogen and oxygen atoms in total. The van der Waals surface area contributed by atoms with E-state index in [0.29, 0.717) is 19.3 Å². The molecule has 4 aliphatic carbocycles. The fraction of sp³-hybridized carbons (Fsp3) is 0.696. The molecule has 0 saturated heterocycles. The van der Waals surface area contributed by atoms with Crippen molar-refractivity contribution in [3.8, 4) is 0 Å². The molecule has 0 bridgehead atoms. The van der Waals surface area contributed by atoms with Gasteiger partial charge in [0.25, 0.3) is 0 Å².